The molecule has 0 fully saturated rings. The maximum atomic E-state index is 12.0. The number of anilines is 1. The van der Waals surface area contributed by atoms with Crippen molar-refractivity contribution >= 4 is 39.5 Å². The Morgan fingerprint density at radius 2 is 1.84 bits per heavy atom. The monoisotopic (exact) mass is 444 g/mol. The second-order valence-corrected chi connectivity index (χ2v) is 8.40. The van der Waals surface area contributed by atoms with Gasteiger partial charge in [0.15, 0.2) is 6.61 Å². The van der Waals surface area contributed by atoms with Crippen LogP contribution in [0.15, 0.2) is 52.4 Å². The summed E-state index contributed by atoms with van der Waals surface area (Å²) in [6, 6.07) is 10.8. The molecule has 0 bridgehead atoms. The number of urea groups is 1. The van der Waals surface area contributed by atoms with E-state index >= 15 is 0 Å². The van der Waals surface area contributed by atoms with Gasteiger partial charge in [-0.1, -0.05) is 29.8 Å². The third-order valence-electron chi connectivity index (χ3n) is 4.28. The van der Waals surface area contributed by atoms with Crippen molar-refractivity contribution in [3.63, 3.8) is 0 Å². The number of fused-ring (bicyclic) bond motifs is 1. The Hall–Kier alpha value is -3.73. The average molecular weight is 444 g/mol. The first-order valence-corrected chi connectivity index (χ1v) is 10.6. The quantitative estimate of drug-likeness (QED) is 0.592. The first-order valence-electron chi connectivity index (χ1n) is 9.16. The molecule has 0 saturated carbocycles. The van der Waals surface area contributed by atoms with Crippen molar-refractivity contribution in [3.05, 3.63) is 59.2 Å². The number of hydrogen-bond acceptors (Lipinski definition) is 7. The van der Waals surface area contributed by atoms with Gasteiger partial charge >= 0.3 is 12.0 Å². The van der Waals surface area contributed by atoms with Gasteiger partial charge in [0.2, 0.25) is 0 Å². The van der Waals surface area contributed by atoms with Gasteiger partial charge in [-0.05, 0) is 37.6 Å². The van der Waals surface area contributed by atoms with Crippen molar-refractivity contribution in [2.24, 2.45) is 4.99 Å². The lowest BCUT2D eigenvalue weighted by atomic mass is 10.1. The van der Waals surface area contributed by atoms with E-state index in [1.807, 2.05) is 26.0 Å². The summed E-state index contributed by atoms with van der Waals surface area (Å²) < 4.78 is 31.0. The van der Waals surface area contributed by atoms with Crippen LogP contribution in [0.2, 0.25) is 0 Å². The molecule has 10 nitrogen and oxygen atoms in total. The molecule has 3 amide bonds. The molecule has 2 aromatic rings. The molecule has 0 spiro atoms. The maximum Gasteiger partial charge on any atom is 0.328 e. The minimum absolute atomic E-state index is 0.0184. The van der Waals surface area contributed by atoms with E-state index in [1.54, 1.807) is 24.3 Å². The van der Waals surface area contributed by atoms with Crippen molar-refractivity contribution in [2.45, 2.75) is 18.7 Å². The van der Waals surface area contributed by atoms with Gasteiger partial charge in [-0.3, -0.25) is 24.6 Å². The van der Waals surface area contributed by atoms with Gasteiger partial charge in [0.25, 0.3) is 15.9 Å². The van der Waals surface area contributed by atoms with Crippen LogP contribution in [0.5, 0.6) is 0 Å². The lowest BCUT2D eigenvalue weighted by molar-refractivity contribution is -0.146. The number of sulfonamides is 1. The molecular weight excluding hydrogens is 424 g/mol. The summed E-state index contributed by atoms with van der Waals surface area (Å²) in [6.45, 7) is 2.54. The SMILES string of the molecule is Cc1ccc(NC(=O)NC(=O)COC(=O)CN=C2NS(=O)(=O)c3ccccc32)c(C)c1. The zero-order valence-electron chi connectivity index (χ0n) is 16.8. The normalized spacial score (nSPS) is 15.0. The number of ether oxygens (including phenoxy) is 1. The van der Waals surface area contributed by atoms with Crippen molar-refractivity contribution in [2.75, 3.05) is 18.5 Å². The Labute approximate surface area is 178 Å². The largest absolute Gasteiger partial charge is 0.454 e. The van der Waals surface area contributed by atoms with Crippen LogP contribution in [-0.2, 0) is 24.3 Å². The smallest absolute Gasteiger partial charge is 0.328 e. The molecule has 2 aromatic carbocycles. The number of aryl methyl sites for hydroxylation is 2. The number of nitrogens with zero attached hydrogens (tertiary/aromatic N) is 1. The zero-order valence-corrected chi connectivity index (χ0v) is 17.6. The van der Waals surface area contributed by atoms with Crippen LogP contribution in [0.25, 0.3) is 0 Å². The van der Waals surface area contributed by atoms with Gasteiger partial charge in [0, 0.05) is 11.3 Å². The highest BCUT2D eigenvalue weighted by molar-refractivity contribution is 7.90. The van der Waals surface area contributed by atoms with Crippen molar-refractivity contribution in [3.8, 4) is 0 Å². The van der Waals surface area contributed by atoms with E-state index < -0.39 is 41.1 Å². The van der Waals surface area contributed by atoms with Crippen LogP contribution in [-0.4, -0.2) is 45.3 Å². The number of amidine groups is 1. The predicted molar refractivity (Wildman–Crippen MR) is 112 cm³/mol. The second-order valence-electron chi connectivity index (χ2n) is 6.75. The van der Waals surface area contributed by atoms with Gasteiger partial charge in [0.05, 0.1) is 4.90 Å². The van der Waals surface area contributed by atoms with E-state index in [-0.39, 0.29) is 10.7 Å². The average Bonchev–Trinajstić information content (AvgIpc) is 2.97. The highest BCUT2D eigenvalue weighted by atomic mass is 32.2. The molecule has 31 heavy (non-hydrogen) atoms. The number of aliphatic imine (C=N–C) groups is 1. The fourth-order valence-corrected chi connectivity index (χ4v) is 4.11. The fourth-order valence-electron chi connectivity index (χ4n) is 2.86. The number of hydrogen-bond donors (Lipinski definition) is 3. The number of esters is 1. The lowest BCUT2D eigenvalue weighted by Crippen LogP contribution is -2.37. The number of carbonyl (C=O) groups excluding carboxylic acids is 3. The molecule has 11 heteroatoms. The summed E-state index contributed by atoms with van der Waals surface area (Å²) in [4.78, 5) is 39.6. The van der Waals surface area contributed by atoms with Crippen LogP contribution in [0.1, 0.15) is 16.7 Å². The first kappa shape index (κ1) is 22.0. The Morgan fingerprint density at radius 1 is 1.10 bits per heavy atom. The summed E-state index contributed by atoms with van der Waals surface area (Å²) in [6.07, 6.45) is 0. The Morgan fingerprint density at radius 3 is 2.58 bits per heavy atom. The maximum absolute atomic E-state index is 12.0. The third-order valence-corrected chi connectivity index (χ3v) is 5.67. The minimum atomic E-state index is -3.71. The molecule has 0 unspecified atom stereocenters. The van der Waals surface area contributed by atoms with Gasteiger partial charge in [-0.2, -0.15) is 0 Å². The van der Waals surface area contributed by atoms with Gasteiger partial charge in [-0.25, -0.2) is 13.2 Å². The summed E-state index contributed by atoms with van der Waals surface area (Å²) in [5.74, 6) is -1.67. The molecule has 0 aromatic heterocycles. The van der Waals surface area contributed by atoms with Crippen LogP contribution < -0.4 is 15.4 Å². The van der Waals surface area contributed by atoms with Crippen LogP contribution in [0, 0.1) is 13.8 Å². The van der Waals surface area contributed by atoms with Gasteiger partial charge < -0.3 is 10.1 Å². The van der Waals surface area contributed by atoms with Crippen LogP contribution in [0.4, 0.5) is 10.5 Å². The van der Waals surface area contributed by atoms with E-state index in [0.29, 0.717) is 11.3 Å². The number of amides is 3. The van der Waals surface area contributed by atoms with Crippen LogP contribution >= 0.6 is 0 Å². The number of nitrogens with one attached hydrogen (secondary N) is 3. The topological polar surface area (TPSA) is 143 Å². The highest BCUT2D eigenvalue weighted by Crippen LogP contribution is 2.22. The summed E-state index contributed by atoms with van der Waals surface area (Å²) in [5.41, 5.74) is 2.75. The van der Waals surface area contributed by atoms with Crippen molar-refractivity contribution in [1.82, 2.24) is 10.0 Å². The molecular formula is C20H20N4O6S. The van der Waals surface area contributed by atoms with E-state index in [0.717, 1.165) is 11.1 Å². The standard InChI is InChI=1S/C20H20N4O6S/c1-12-7-8-15(13(2)9-12)22-20(27)23-17(25)11-30-18(26)10-21-19-14-5-3-4-6-16(14)31(28,29)24-19/h3-9H,10-11H2,1-2H3,(H,21,24)(H2,22,23,25,27). The summed E-state index contributed by atoms with van der Waals surface area (Å²) in [7, 11) is -3.71. The van der Waals surface area contributed by atoms with Gasteiger partial charge in [0.1, 0.15) is 12.4 Å². The highest BCUT2D eigenvalue weighted by Gasteiger charge is 2.30. The molecule has 162 valence electrons. The number of benzene rings is 2. The zero-order chi connectivity index (χ0) is 22.6. The molecule has 0 aliphatic carbocycles. The molecule has 1 heterocycles. The molecule has 3 N–H and O–H groups in total. The Balaban J connectivity index is 1.48. The van der Waals surface area contributed by atoms with E-state index in [9.17, 15) is 22.8 Å². The minimum Gasteiger partial charge on any atom is -0.454 e. The van der Waals surface area contributed by atoms with Gasteiger partial charge in [-0.15, -0.1) is 0 Å². The summed E-state index contributed by atoms with van der Waals surface area (Å²) in [5, 5.41) is 4.59. The Kier molecular flexibility index (Phi) is 6.35. The summed E-state index contributed by atoms with van der Waals surface area (Å²) >= 11 is 0. The number of imide groups is 1. The first-order chi connectivity index (χ1) is 14.7. The van der Waals surface area contributed by atoms with E-state index in [1.165, 1.54) is 6.07 Å². The molecule has 0 atom stereocenters. The molecule has 1 aliphatic heterocycles. The number of rotatable bonds is 5. The van der Waals surface area contributed by atoms with Crippen molar-refractivity contribution in [1.29, 1.82) is 0 Å². The second kappa shape index (κ2) is 8.96. The van der Waals surface area contributed by atoms with Crippen molar-refractivity contribution < 1.29 is 27.5 Å². The van der Waals surface area contributed by atoms with E-state index in [2.05, 4.69) is 20.3 Å². The number of carbonyl (C=O) groups is 3. The Bertz CT molecular complexity index is 1190. The molecule has 1 aliphatic rings. The molecule has 0 saturated heterocycles. The third kappa shape index (κ3) is 5.45. The molecule has 0 radical (unpaired) electrons. The van der Waals surface area contributed by atoms with E-state index in [4.69, 9.17) is 4.74 Å². The molecule has 3 rings (SSSR count). The van der Waals surface area contributed by atoms with Crippen LogP contribution in [0.3, 0.4) is 0 Å². The lowest BCUT2D eigenvalue weighted by Gasteiger charge is -2.10. The fraction of sp³-hybridized carbons (Fsp3) is 0.200. The predicted octanol–water partition coefficient (Wildman–Crippen LogP) is 1.23.